The van der Waals surface area contributed by atoms with Crippen molar-refractivity contribution in [2.24, 2.45) is 5.92 Å². The smallest absolute Gasteiger partial charge is 0.323 e. The van der Waals surface area contributed by atoms with Crippen LogP contribution in [0.3, 0.4) is 0 Å². The zero-order chi connectivity index (χ0) is 13.5. The second-order valence-corrected chi connectivity index (χ2v) is 5.11. The van der Waals surface area contributed by atoms with Crippen LogP contribution in [0.25, 0.3) is 0 Å². The van der Waals surface area contributed by atoms with Crippen LogP contribution in [0.1, 0.15) is 20.8 Å². The van der Waals surface area contributed by atoms with Gasteiger partial charge >= 0.3 is 10.2 Å². The Hall–Kier alpha value is -0.960. The molecule has 0 atom stereocenters. The minimum atomic E-state index is -3.99. The second kappa shape index (κ2) is 7.38. The van der Waals surface area contributed by atoms with Crippen LogP contribution in [0.15, 0.2) is 11.6 Å². The van der Waals surface area contributed by atoms with E-state index in [1.807, 2.05) is 0 Å². The molecular weight excluding hydrogens is 248 g/mol. The Kier molecular flexibility index (Phi) is 6.97. The molecule has 0 rings (SSSR count). The van der Waals surface area contributed by atoms with Crippen LogP contribution in [0.4, 0.5) is 0 Å². The molecule has 7 nitrogen and oxygen atoms in total. The number of carbonyl (C=O) groups is 1. The summed E-state index contributed by atoms with van der Waals surface area (Å²) in [5, 5.41) is 8.65. The molecule has 3 N–H and O–H groups in total. The number of aliphatic hydroxyl groups excluding tert-OH is 1. The highest BCUT2D eigenvalue weighted by Crippen LogP contribution is 1.93. The zero-order valence-corrected chi connectivity index (χ0v) is 10.9. The van der Waals surface area contributed by atoms with Gasteiger partial charge in [-0.3, -0.25) is 9.63 Å². The van der Waals surface area contributed by atoms with Crippen LogP contribution in [-0.2, 0) is 19.8 Å². The summed E-state index contributed by atoms with van der Waals surface area (Å²) in [5.74, 6) is -1.06. The molecule has 0 aromatic rings. The number of amides is 1. The summed E-state index contributed by atoms with van der Waals surface area (Å²) < 4.78 is 24.2. The summed E-state index contributed by atoms with van der Waals surface area (Å²) in [6.07, 6.45) is 1.51. The molecule has 8 heteroatoms. The molecule has 0 aliphatic heterocycles. The van der Waals surface area contributed by atoms with Gasteiger partial charge in [0.15, 0.2) is 0 Å². The van der Waals surface area contributed by atoms with Crippen molar-refractivity contribution >= 4 is 16.1 Å². The van der Waals surface area contributed by atoms with Crippen LogP contribution < -0.4 is 9.61 Å². The lowest BCUT2D eigenvalue weighted by atomic mass is 10.2. The maximum Gasteiger partial charge on any atom is 0.323 e. The molecule has 0 fully saturated rings. The average molecular weight is 266 g/mol. The molecule has 1 amide bonds. The first-order chi connectivity index (χ1) is 7.78. The van der Waals surface area contributed by atoms with Gasteiger partial charge in [0.1, 0.15) is 0 Å². The lowest BCUT2D eigenvalue weighted by Crippen LogP contribution is -2.42. The van der Waals surface area contributed by atoms with Crippen LogP contribution in [0.5, 0.6) is 0 Å². The van der Waals surface area contributed by atoms with E-state index in [4.69, 9.17) is 5.11 Å². The molecule has 0 radical (unpaired) electrons. The molecule has 100 valence electrons. The summed E-state index contributed by atoms with van der Waals surface area (Å²) in [5.41, 5.74) is 0.649. The minimum absolute atomic E-state index is 0.0385. The SMILES string of the molecule is C/C(=C\CONS(=O)(=O)NC(=O)C(C)C)CO. The van der Waals surface area contributed by atoms with Gasteiger partial charge in [-0.1, -0.05) is 24.8 Å². The first kappa shape index (κ1) is 16.0. The van der Waals surface area contributed by atoms with Crippen molar-refractivity contribution in [2.75, 3.05) is 13.2 Å². The number of nitrogens with one attached hydrogen (secondary N) is 2. The Balaban J connectivity index is 4.08. The Bertz CT molecular complexity index is 375. The molecule has 0 aliphatic rings. The largest absolute Gasteiger partial charge is 0.392 e. The van der Waals surface area contributed by atoms with Gasteiger partial charge in [0.2, 0.25) is 5.91 Å². The lowest BCUT2D eigenvalue weighted by Gasteiger charge is -2.09. The highest BCUT2D eigenvalue weighted by Gasteiger charge is 2.16. The number of rotatable bonds is 7. The first-order valence-electron chi connectivity index (χ1n) is 5.00. The molecule has 0 aromatic heterocycles. The first-order valence-corrected chi connectivity index (χ1v) is 6.48. The van der Waals surface area contributed by atoms with Crippen LogP contribution in [-0.4, -0.2) is 32.6 Å². The average Bonchev–Trinajstić information content (AvgIpc) is 2.23. The number of hydrogen-bond donors (Lipinski definition) is 3. The molecule has 0 saturated heterocycles. The number of carbonyl (C=O) groups excluding carboxylic acids is 1. The fraction of sp³-hybridized carbons (Fsp3) is 0.667. The highest BCUT2D eigenvalue weighted by molar-refractivity contribution is 7.87. The third kappa shape index (κ3) is 7.86. The molecule has 0 spiro atoms. The zero-order valence-electron chi connectivity index (χ0n) is 10.1. The molecule has 0 aromatic carbocycles. The van der Waals surface area contributed by atoms with Crippen molar-refractivity contribution in [1.29, 1.82) is 0 Å². The Morgan fingerprint density at radius 2 is 2.06 bits per heavy atom. The second-order valence-electron chi connectivity index (χ2n) is 3.73. The quantitative estimate of drug-likeness (QED) is 0.326. The Morgan fingerprint density at radius 3 is 2.53 bits per heavy atom. The van der Waals surface area contributed by atoms with E-state index >= 15 is 0 Å². The summed E-state index contributed by atoms with van der Waals surface area (Å²) in [4.78, 5) is 17.5. The van der Waals surface area contributed by atoms with E-state index < -0.39 is 22.0 Å². The Morgan fingerprint density at radius 1 is 1.47 bits per heavy atom. The van der Waals surface area contributed by atoms with Gasteiger partial charge in [0, 0.05) is 5.92 Å². The van der Waals surface area contributed by atoms with E-state index in [-0.39, 0.29) is 13.2 Å². The molecule has 0 bridgehead atoms. The summed E-state index contributed by atoms with van der Waals surface area (Å²) in [6.45, 7) is 4.64. The maximum absolute atomic E-state index is 11.2. The topological polar surface area (TPSA) is 105 Å². The van der Waals surface area contributed by atoms with Crippen LogP contribution in [0.2, 0.25) is 0 Å². The minimum Gasteiger partial charge on any atom is -0.392 e. The third-order valence-corrected chi connectivity index (χ3v) is 2.50. The molecule has 0 saturated carbocycles. The third-order valence-electron chi connectivity index (χ3n) is 1.69. The van der Waals surface area contributed by atoms with Gasteiger partial charge in [0.05, 0.1) is 13.2 Å². The molecule has 0 heterocycles. The standard InChI is InChI=1S/C9H18N2O5S/c1-7(2)9(13)10-17(14,15)11-16-5-4-8(3)6-12/h4,7,11-12H,5-6H2,1-3H3,(H,10,13)/b8-4+. The lowest BCUT2D eigenvalue weighted by molar-refractivity contribution is -0.122. The highest BCUT2D eigenvalue weighted by atomic mass is 32.2. The Labute approximate surface area is 101 Å². The summed E-state index contributed by atoms with van der Waals surface area (Å²) >= 11 is 0. The molecule has 0 aliphatic carbocycles. The van der Waals surface area contributed by atoms with E-state index in [1.165, 1.54) is 6.08 Å². The van der Waals surface area contributed by atoms with Gasteiger partial charge in [-0.15, -0.1) is 0 Å². The van der Waals surface area contributed by atoms with Crippen LogP contribution >= 0.6 is 0 Å². The number of hydrogen-bond acceptors (Lipinski definition) is 5. The van der Waals surface area contributed by atoms with Gasteiger partial charge in [0.25, 0.3) is 0 Å². The molecular formula is C9H18N2O5S. The predicted molar refractivity (Wildman–Crippen MR) is 61.8 cm³/mol. The fourth-order valence-corrected chi connectivity index (χ4v) is 1.40. The summed E-state index contributed by atoms with van der Waals surface area (Å²) in [6, 6.07) is 0. The molecule has 17 heavy (non-hydrogen) atoms. The van der Waals surface area contributed by atoms with Gasteiger partial charge < -0.3 is 5.11 Å². The van der Waals surface area contributed by atoms with Crippen molar-refractivity contribution in [1.82, 2.24) is 9.61 Å². The number of aliphatic hydroxyl groups is 1. The van der Waals surface area contributed by atoms with Crippen molar-refractivity contribution < 1.29 is 23.2 Å². The molecule has 0 unspecified atom stereocenters. The van der Waals surface area contributed by atoms with E-state index in [2.05, 4.69) is 4.84 Å². The normalized spacial score (nSPS) is 12.9. The van der Waals surface area contributed by atoms with E-state index in [0.29, 0.717) is 5.57 Å². The van der Waals surface area contributed by atoms with Crippen LogP contribution in [0, 0.1) is 5.92 Å². The summed E-state index contributed by atoms with van der Waals surface area (Å²) in [7, 11) is -3.99. The van der Waals surface area contributed by atoms with Crippen molar-refractivity contribution in [3.8, 4) is 0 Å². The van der Waals surface area contributed by atoms with E-state index in [1.54, 1.807) is 30.4 Å². The predicted octanol–water partition coefficient (Wildman–Crippen LogP) is -0.537. The van der Waals surface area contributed by atoms with Gasteiger partial charge in [-0.05, 0) is 12.5 Å². The van der Waals surface area contributed by atoms with E-state index in [0.717, 1.165) is 0 Å². The van der Waals surface area contributed by atoms with E-state index in [9.17, 15) is 13.2 Å². The van der Waals surface area contributed by atoms with Crippen molar-refractivity contribution in [3.63, 3.8) is 0 Å². The van der Waals surface area contributed by atoms with Gasteiger partial charge in [-0.2, -0.15) is 8.42 Å². The monoisotopic (exact) mass is 266 g/mol. The van der Waals surface area contributed by atoms with Crippen molar-refractivity contribution in [2.45, 2.75) is 20.8 Å². The fourth-order valence-electron chi connectivity index (χ4n) is 0.631. The maximum atomic E-state index is 11.2. The van der Waals surface area contributed by atoms with Gasteiger partial charge in [-0.25, -0.2) is 4.72 Å². The van der Waals surface area contributed by atoms with Crippen molar-refractivity contribution in [3.05, 3.63) is 11.6 Å².